The van der Waals surface area contributed by atoms with Crippen molar-refractivity contribution in [2.45, 2.75) is 69.6 Å². The molecule has 1 aliphatic heterocycles. The fraction of sp³-hybridized carbons (Fsp3) is 0.636. The Hall–Kier alpha value is -2.93. The Bertz CT molecular complexity index is 895. The van der Waals surface area contributed by atoms with Crippen LogP contribution in [0.1, 0.15) is 52.0 Å². The first kappa shape index (κ1) is 21.3. The third-order valence-electron chi connectivity index (χ3n) is 5.96. The molecule has 2 amide bonds. The maximum atomic E-state index is 12.8. The summed E-state index contributed by atoms with van der Waals surface area (Å²) in [6, 6.07) is 8.19. The molecular formula is C22H29N5O4. The lowest BCUT2D eigenvalue weighted by Gasteiger charge is -2.31. The molecule has 1 aromatic rings. The Morgan fingerprint density at radius 3 is 2.55 bits per heavy atom. The Labute approximate surface area is 181 Å². The SMILES string of the molecule is CC(C)(C)OC(=O)N(CC1(c2ccc(N3CC(CN=[N+]=[N-])OC3=O)cc2)CC1)C1CC1. The Balaban J connectivity index is 1.44. The van der Waals surface area contributed by atoms with Gasteiger partial charge in [0.15, 0.2) is 0 Å². The number of rotatable bonds is 7. The molecule has 9 nitrogen and oxygen atoms in total. The van der Waals surface area contributed by atoms with Gasteiger partial charge in [-0.3, -0.25) is 4.90 Å². The second kappa shape index (κ2) is 7.96. The lowest BCUT2D eigenvalue weighted by Crippen LogP contribution is -2.42. The summed E-state index contributed by atoms with van der Waals surface area (Å²) in [7, 11) is 0. The fourth-order valence-electron chi connectivity index (χ4n) is 4.01. The molecule has 3 aliphatic rings. The van der Waals surface area contributed by atoms with Crippen LogP contribution in [0.25, 0.3) is 10.4 Å². The average Bonchev–Trinajstić information content (AvgIpc) is 3.62. The molecule has 31 heavy (non-hydrogen) atoms. The lowest BCUT2D eigenvalue weighted by molar-refractivity contribution is 0.0214. The Morgan fingerprint density at radius 2 is 2.00 bits per heavy atom. The van der Waals surface area contributed by atoms with Gasteiger partial charge >= 0.3 is 12.2 Å². The average molecular weight is 428 g/mol. The summed E-state index contributed by atoms with van der Waals surface area (Å²) in [5.74, 6) is 0. The summed E-state index contributed by atoms with van der Waals surface area (Å²) in [6.45, 7) is 6.82. The smallest absolute Gasteiger partial charge is 0.414 e. The quantitative estimate of drug-likeness (QED) is 0.355. The van der Waals surface area contributed by atoms with Gasteiger partial charge in [0.25, 0.3) is 0 Å². The number of carbonyl (C=O) groups excluding carboxylic acids is 2. The highest BCUT2D eigenvalue weighted by molar-refractivity contribution is 5.89. The van der Waals surface area contributed by atoms with Gasteiger partial charge in [-0.05, 0) is 69.7 Å². The van der Waals surface area contributed by atoms with E-state index in [9.17, 15) is 9.59 Å². The van der Waals surface area contributed by atoms with E-state index < -0.39 is 17.8 Å². The summed E-state index contributed by atoms with van der Waals surface area (Å²) < 4.78 is 10.9. The molecule has 4 rings (SSSR count). The van der Waals surface area contributed by atoms with E-state index in [1.54, 1.807) is 4.90 Å². The molecule has 0 aromatic heterocycles. The molecule has 9 heteroatoms. The van der Waals surface area contributed by atoms with Crippen LogP contribution in [0, 0.1) is 0 Å². The number of ether oxygens (including phenoxy) is 2. The van der Waals surface area contributed by atoms with Crippen molar-refractivity contribution in [3.05, 3.63) is 40.3 Å². The van der Waals surface area contributed by atoms with Crippen molar-refractivity contribution in [2.75, 3.05) is 24.5 Å². The van der Waals surface area contributed by atoms with Crippen LogP contribution in [-0.2, 0) is 14.9 Å². The van der Waals surface area contributed by atoms with E-state index in [0.717, 1.165) is 31.4 Å². The van der Waals surface area contributed by atoms with E-state index >= 15 is 0 Å². The minimum Gasteiger partial charge on any atom is -0.444 e. The molecule has 0 radical (unpaired) electrons. The lowest BCUT2D eigenvalue weighted by atomic mass is 9.95. The van der Waals surface area contributed by atoms with Gasteiger partial charge in [0.1, 0.15) is 11.7 Å². The van der Waals surface area contributed by atoms with E-state index in [0.29, 0.717) is 13.1 Å². The number of carbonyl (C=O) groups is 2. The van der Waals surface area contributed by atoms with Crippen molar-refractivity contribution in [3.63, 3.8) is 0 Å². The number of hydrogen-bond acceptors (Lipinski definition) is 5. The van der Waals surface area contributed by atoms with Gasteiger partial charge < -0.3 is 14.4 Å². The topological polar surface area (TPSA) is 108 Å². The second-order valence-corrected chi connectivity index (χ2v) is 9.70. The van der Waals surface area contributed by atoms with Crippen LogP contribution in [0.5, 0.6) is 0 Å². The zero-order chi connectivity index (χ0) is 22.2. The molecule has 1 heterocycles. The fourth-order valence-corrected chi connectivity index (χ4v) is 4.01. The Kier molecular flexibility index (Phi) is 5.47. The van der Waals surface area contributed by atoms with Crippen molar-refractivity contribution < 1.29 is 19.1 Å². The first-order valence-corrected chi connectivity index (χ1v) is 10.8. The molecule has 166 valence electrons. The molecule has 0 N–H and O–H groups in total. The van der Waals surface area contributed by atoms with Crippen LogP contribution >= 0.6 is 0 Å². The summed E-state index contributed by atoms with van der Waals surface area (Å²) in [5, 5.41) is 3.49. The molecular weight excluding hydrogens is 398 g/mol. The first-order chi connectivity index (χ1) is 14.7. The molecule has 1 atom stereocenters. The molecule has 0 bridgehead atoms. The van der Waals surface area contributed by atoms with Gasteiger partial charge in [-0.1, -0.05) is 17.2 Å². The van der Waals surface area contributed by atoms with E-state index in [1.165, 1.54) is 5.56 Å². The van der Waals surface area contributed by atoms with Gasteiger partial charge in [-0.2, -0.15) is 0 Å². The normalized spacial score (nSPS) is 21.8. The van der Waals surface area contributed by atoms with Crippen LogP contribution in [0.15, 0.2) is 29.4 Å². The maximum Gasteiger partial charge on any atom is 0.414 e. The zero-order valence-corrected chi connectivity index (χ0v) is 18.3. The van der Waals surface area contributed by atoms with Crippen molar-refractivity contribution in [3.8, 4) is 0 Å². The third kappa shape index (κ3) is 4.88. The largest absolute Gasteiger partial charge is 0.444 e. The van der Waals surface area contributed by atoms with Crippen LogP contribution in [-0.4, -0.2) is 54.5 Å². The van der Waals surface area contributed by atoms with Crippen LogP contribution < -0.4 is 4.90 Å². The highest BCUT2D eigenvalue weighted by Crippen LogP contribution is 2.50. The summed E-state index contributed by atoms with van der Waals surface area (Å²) in [4.78, 5) is 31.1. The van der Waals surface area contributed by atoms with Crippen molar-refractivity contribution in [1.82, 2.24) is 4.90 Å². The van der Waals surface area contributed by atoms with Gasteiger partial charge in [0, 0.05) is 28.6 Å². The monoisotopic (exact) mass is 427 g/mol. The minimum absolute atomic E-state index is 0.0480. The second-order valence-electron chi connectivity index (χ2n) is 9.70. The van der Waals surface area contributed by atoms with Gasteiger partial charge in [0.2, 0.25) is 0 Å². The predicted octanol–water partition coefficient (Wildman–Crippen LogP) is 4.75. The van der Waals surface area contributed by atoms with Gasteiger partial charge in [0.05, 0.1) is 13.1 Å². The van der Waals surface area contributed by atoms with Crippen molar-refractivity contribution in [2.24, 2.45) is 5.11 Å². The minimum atomic E-state index is -0.511. The predicted molar refractivity (Wildman–Crippen MR) is 115 cm³/mol. The number of cyclic esters (lactones) is 1. The molecule has 2 saturated carbocycles. The number of azide groups is 1. The summed E-state index contributed by atoms with van der Waals surface area (Å²) in [5.41, 5.74) is 9.81. The van der Waals surface area contributed by atoms with Crippen LogP contribution in [0.3, 0.4) is 0 Å². The highest BCUT2D eigenvalue weighted by Gasteiger charge is 2.49. The molecule has 1 saturated heterocycles. The van der Waals surface area contributed by atoms with Crippen molar-refractivity contribution in [1.29, 1.82) is 0 Å². The summed E-state index contributed by atoms with van der Waals surface area (Å²) >= 11 is 0. The van der Waals surface area contributed by atoms with Gasteiger partial charge in [-0.25, -0.2) is 9.59 Å². The number of benzene rings is 1. The summed E-state index contributed by atoms with van der Waals surface area (Å²) in [6.07, 6.45) is 3.01. The number of nitrogens with zero attached hydrogens (tertiary/aromatic N) is 5. The zero-order valence-electron chi connectivity index (χ0n) is 18.3. The molecule has 1 aromatic carbocycles. The molecule has 1 unspecified atom stereocenters. The van der Waals surface area contributed by atoms with Crippen LogP contribution in [0.2, 0.25) is 0 Å². The molecule has 0 spiro atoms. The third-order valence-corrected chi connectivity index (χ3v) is 5.96. The van der Waals surface area contributed by atoms with Gasteiger partial charge in [-0.15, -0.1) is 0 Å². The highest BCUT2D eigenvalue weighted by atomic mass is 16.6. The maximum absolute atomic E-state index is 12.8. The molecule has 3 fully saturated rings. The standard InChI is InChI=1S/C22H29N5O4/c1-21(2,3)31-20(29)27(17-8-9-17)14-22(10-11-22)15-4-6-16(7-5-15)26-13-18(12-24-25-23)30-19(26)28/h4-7,17-18H,8-14H2,1-3H3. The van der Waals surface area contributed by atoms with E-state index in [-0.39, 0.29) is 24.1 Å². The molecule has 2 aliphatic carbocycles. The van der Waals surface area contributed by atoms with E-state index in [2.05, 4.69) is 10.0 Å². The van der Waals surface area contributed by atoms with Crippen molar-refractivity contribution >= 4 is 17.9 Å². The number of hydrogen-bond donors (Lipinski definition) is 0. The first-order valence-electron chi connectivity index (χ1n) is 10.8. The van der Waals surface area contributed by atoms with E-state index in [4.69, 9.17) is 15.0 Å². The van der Waals surface area contributed by atoms with E-state index in [1.807, 2.05) is 49.9 Å². The van der Waals surface area contributed by atoms with Crippen LogP contribution in [0.4, 0.5) is 15.3 Å². The number of amides is 2. The Morgan fingerprint density at radius 1 is 1.32 bits per heavy atom. The number of anilines is 1.